The molecule has 0 atom stereocenters. The summed E-state index contributed by atoms with van der Waals surface area (Å²) in [5.74, 6) is -0.310. The van der Waals surface area contributed by atoms with Crippen molar-refractivity contribution in [2.75, 3.05) is 5.75 Å². The SMILES string of the molecule is O=S(=O)(Cc1nc(-c2ccoc2)no1)CC1(O)CCCCC1. The molecule has 0 bridgehead atoms. The molecule has 0 aromatic carbocycles. The number of hydrogen-bond acceptors (Lipinski definition) is 7. The summed E-state index contributed by atoms with van der Waals surface area (Å²) in [6, 6.07) is 1.66. The quantitative estimate of drug-likeness (QED) is 0.894. The molecular formula is C14H18N2O5S. The lowest BCUT2D eigenvalue weighted by molar-refractivity contribution is 0.0256. The number of sulfone groups is 1. The van der Waals surface area contributed by atoms with Crippen LogP contribution in [0.4, 0.5) is 0 Å². The van der Waals surface area contributed by atoms with Crippen LogP contribution in [0.3, 0.4) is 0 Å². The Morgan fingerprint density at radius 3 is 2.73 bits per heavy atom. The number of hydrogen-bond donors (Lipinski definition) is 1. The van der Waals surface area contributed by atoms with Crippen LogP contribution in [-0.4, -0.2) is 35.0 Å². The molecule has 0 aliphatic heterocycles. The van der Waals surface area contributed by atoms with Crippen LogP contribution < -0.4 is 0 Å². The van der Waals surface area contributed by atoms with Gasteiger partial charge in [-0.1, -0.05) is 24.4 Å². The van der Waals surface area contributed by atoms with E-state index in [0.717, 1.165) is 19.3 Å². The number of aliphatic hydroxyl groups is 1. The van der Waals surface area contributed by atoms with Crippen molar-refractivity contribution in [1.82, 2.24) is 10.1 Å². The third-order valence-electron chi connectivity index (χ3n) is 3.86. The average Bonchev–Trinajstić information content (AvgIpc) is 3.07. The highest BCUT2D eigenvalue weighted by molar-refractivity contribution is 7.90. The van der Waals surface area contributed by atoms with Gasteiger partial charge in [0.25, 0.3) is 0 Å². The summed E-state index contributed by atoms with van der Waals surface area (Å²) in [5, 5.41) is 14.1. The van der Waals surface area contributed by atoms with Gasteiger partial charge in [-0.05, 0) is 18.9 Å². The molecule has 120 valence electrons. The van der Waals surface area contributed by atoms with Crippen LogP contribution in [0, 0.1) is 0 Å². The minimum Gasteiger partial charge on any atom is -0.472 e. The summed E-state index contributed by atoms with van der Waals surface area (Å²) < 4.78 is 34.4. The second-order valence-electron chi connectivity index (χ2n) is 5.84. The molecular weight excluding hydrogens is 308 g/mol. The minimum atomic E-state index is -3.52. The number of nitrogens with zero attached hydrogens (tertiary/aromatic N) is 2. The largest absolute Gasteiger partial charge is 0.472 e. The number of furan rings is 1. The molecule has 2 heterocycles. The van der Waals surface area contributed by atoms with Gasteiger partial charge in [-0.25, -0.2) is 8.42 Å². The fourth-order valence-electron chi connectivity index (χ4n) is 2.83. The van der Waals surface area contributed by atoms with Crippen molar-refractivity contribution in [3.63, 3.8) is 0 Å². The van der Waals surface area contributed by atoms with Gasteiger partial charge in [-0.15, -0.1) is 0 Å². The molecule has 0 unspecified atom stereocenters. The zero-order valence-electron chi connectivity index (χ0n) is 12.1. The van der Waals surface area contributed by atoms with Crippen LogP contribution in [0.2, 0.25) is 0 Å². The molecule has 1 aliphatic rings. The lowest BCUT2D eigenvalue weighted by atomic mass is 9.86. The van der Waals surface area contributed by atoms with Crippen molar-refractivity contribution in [3.8, 4) is 11.4 Å². The highest BCUT2D eigenvalue weighted by Crippen LogP contribution is 2.30. The third kappa shape index (κ3) is 3.56. The molecule has 1 aliphatic carbocycles. The Kier molecular flexibility index (Phi) is 4.05. The molecule has 0 amide bonds. The van der Waals surface area contributed by atoms with Crippen molar-refractivity contribution >= 4 is 9.84 Å². The highest BCUT2D eigenvalue weighted by Gasteiger charge is 2.35. The van der Waals surface area contributed by atoms with E-state index in [2.05, 4.69) is 10.1 Å². The molecule has 0 saturated heterocycles. The van der Waals surface area contributed by atoms with Crippen LogP contribution in [-0.2, 0) is 15.6 Å². The predicted octanol–water partition coefficient (Wildman–Crippen LogP) is 1.94. The van der Waals surface area contributed by atoms with Crippen molar-refractivity contribution in [2.24, 2.45) is 0 Å². The van der Waals surface area contributed by atoms with Gasteiger partial charge in [0.15, 0.2) is 9.84 Å². The Bertz CT molecular complexity index is 714. The molecule has 1 N–H and O–H groups in total. The van der Waals surface area contributed by atoms with Gasteiger partial charge in [-0.2, -0.15) is 4.98 Å². The summed E-state index contributed by atoms with van der Waals surface area (Å²) >= 11 is 0. The Hall–Kier alpha value is -1.67. The van der Waals surface area contributed by atoms with Crippen LogP contribution in [0.1, 0.15) is 38.0 Å². The van der Waals surface area contributed by atoms with Crippen molar-refractivity contribution in [1.29, 1.82) is 0 Å². The normalized spacial score (nSPS) is 18.4. The third-order valence-corrected chi connectivity index (χ3v) is 5.53. The molecule has 8 heteroatoms. The number of aromatic nitrogens is 2. The van der Waals surface area contributed by atoms with Gasteiger partial charge in [0.05, 0.1) is 23.2 Å². The van der Waals surface area contributed by atoms with Crippen LogP contribution in [0.5, 0.6) is 0 Å². The summed E-state index contributed by atoms with van der Waals surface area (Å²) in [7, 11) is -3.52. The fourth-order valence-corrected chi connectivity index (χ4v) is 4.53. The molecule has 1 saturated carbocycles. The first-order valence-electron chi connectivity index (χ1n) is 7.24. The van der Waals surface area contributed by atoms with E-state index in [-0.39, 0.29) is 23.2 Å². The molecule has 1 fully saturated rings. The van der Waals surface area contributed by atoms with Crippen LogP contribution >= 0.6 is 0 Å². The van der Waals surface area contributed by atoms with Crippen LogP contribution in [0.25, 0.3) is 11.4 Å². The van der Waals surface area contributed by atoms with Crippen molar-refractivity contribution in [3.05, 3.63) is 24.5 Å². The maximum Gasteiger partial charge on any atom is 0.242 e. The Morgan fingerprint density at radius 2 is 2.05 bits per heavy atom. The second kappa shape index (κ2) is 5.85. The van der Waals surface area contributed by atoms with E-state index in [1.54, 1.807) is 6.07 Å². The molecule has 3 rings (SSSR count). The minimum absolute atomic E-state index is 0.0237. The van der Waals surface area contributed by atoms with Crippen LogP contribution in [0.15, 0.2) is 27.5 Å². The zero-order valence-corrected chi connectivity index (χ0v) is 12.9. The summed E-state index contributed by atoms with van der Waals surface area (Å²) in [5.41, 5.74) is -0.497. The van der Waals surface area contributed by atoms with E-state index < -0.39 is 15.4 Å². The standard InChI is InChI=1S/C14H18N2O5S/c17-14(5-2-1-3-6-14)10-22(18,19)9-12-15-13(16-21-12)11-4-7-20-8-11/h4,7-8,17H,1-3,5-6,9-10H2. The average molecular weight is 326 g/mol. The molecule has 2 aromatic rings. The topological polar surface area (TPSA) is 106 Å². The smallest absolute Gasteiger partial charge is 0.242 e. The molecule has 22 heavy (non-hydrogen) atoms. The highest BCUT2D eigenvalue weighted by atomic mass is 32.2. The van der Waals surface area contributed by atoms with Gasteiger partial charge >= 0.3 is 0 Å². The summed E-state index contributed by atoms with van der Waals surface area (Å²) in [4.78, 5) is 4.06. The maximum atomic E-state index is 12.3. The Labute approximate surface area is 128 Å². The van der Waals surface area contributed by atoms with Gasteiger partial charge < -0.3 is 14.0 Å². The van der Waals surface area contributed by atoms with Gasteiger partial charge in [-0.3, -0.25) is 0 Å². The van der Waals surface area contributed by atoms with E-state index >= 15 is 0 Å². The number of rotatable bonds is 5. The first kappa shape index (κ1) is 15.2. The maximum absolute atomic E-state index is 12.3. The van der Waals surface area contributed by atoms with E-state index in [0.29, 0.717) is 18.4 Å². The van der Waals surface area contributed by atoms with Gasteiger partial charge in [0, 0.05) is 0 Å². The van der Waals surface area contributed by atoms with E-state index in [4.69, 9.17) is 8.94 Å². The lowest BCUT2D eigenvalue weighted by Gasteiger charge is -2.31. The summed E-state index contributed by atoms with van der Waals surface area (Å²) in [6.45, 7) is 0. The molecule has 0 spiro atoms. The van der Waals surface area contributed by atoms with E-state index in [1.807, 2.05) is 0 Å². The monoisotopic (exact) mass is 326 g/mol. The second-order valence-corrected chi connectivity index (χ2v) is 7.91. The molecule has 7 nitrogen and oxygen atoms in total. The van der Waals surface area contributed by atoms with Crippen molar-refractivity contribution in [2.45, 2.75) is 43.5 Å². The van der Waals surface area contributed by atoms with Gasteiger partial charge in [0.1, 0.15) is 12.0 Å². The van der Waals surface area contributed by atoms with Crippen molar-refractivity contribution < 1.29 is 22.5 Å². The fraction of sp³-hybridized carbons (Fsp3) is 0.571. The first-order valence-corrected chi connectivity index (χ1v) is 9.06. The predicted molar refractivity (Wildman–Crippen MR) is 77.5 cm³/mol. The van der Waals surface area contributed by atoms with E-state index in [1.165, 1.54) is 12.5 Å². The Morgan fingerprint density at radius 1 is 1.27 bits per heavy atom. The lowest BCUT2D eigenvalue weighted by Crippen LogP contribution is -2.39. The van der Waals surface area contributed by atoms with Gasteiger partial charge in [0.2, 0.25) is 11.7 Å². The summed E-state index contributed by atoms with van der Waals surface area (Å²) in [6.07, 6.45) is 6.73. The molecule has 0 radical (unpaired) electrons. The molecule has 2 aromatic heterocycles. The Balaban J connectivity index is 1.69. The first-order chi connectivity index (χ1) is 10.5. The zero-order chi connectivity index (χ0) is 15.6. The van der Waals surface area contributed by atoms with E-state index in [9.17, 15) is 13.5 Å².